The number of carbonyl (C=O) groups is 2. The molecule has 0 spiro atoms. The minimum absolute atomic E-state index is 0.462. The first kappa shape index (κ1) is 20.5. The molecule has 0 aliphatic heterocycles. The van der Waals surface area contributed by atoms with Gasteiger partial charge in [-0.15, -0.1) is 0 Å². The summed E-state index contributed by atoms with van der Waals surface area (Å²) in [4.78, 5) is 35.7. The number of ether oxygens (including phenoxy) is 1. The van der Waals surface area contributed by atoms with Gasteiger partial charge in [-0.1, -0.05) is 29.8 Å². The van der Waals surface area contributed by atoms with Crippen LogP contribution < -0.4 is 10.9 Å². The van der Waals surface area contributed by atoms with E-state index in [9.17, 15) is 27.6 Å². The Kier molecular flexibility index (Phi) is 6.27. The fraction of sp³-hybridized carbons (Fsp3) is 0.235. The number of aromatic nitrogens is 1. The largest absolute Gasteiger partial charge is 0.451 e. The number of hydrogen-bond acceptors (Lipinski definition) is 4. The van der Waals surface area contributed by atoms with Gasteiger partial charge < -0.3 is 14.6 Å². The topological polar surface area (TPSA) is 77.4 Å². The number of carbonyl (C=O) groups excluding carboxylic acids is 2. The Morgan fingerprint density at radius 3 is 2.48 bits per heavy atom. The molecule has 1 N–H and O–H groups in total. The highest BCUT2D eigenvalue weighted by Crippen LogP contribution is 2.29. The SMILES string of the molecule is C[C@H](OC(=O)Cn1cc(C(F)(F)F)cc(Cl)c1=O)C(=O)Nc1ccccc1. The maximum Gasteiger partial charge on any atom is 0.417 e. The van der Waals surface area contributed by atoms with E-state index in [1.54, 1.807) is 30.3 Å². The van der Waals surface area contributed by atoms with Gasteiger partial charge in [-0.3, -0.25) is 14.4 Å². The van der Waals surface area contributed by atoms with Gasteiger partial charge >= 0.3 is 12.1 Å². The normalized spacial score (nSPS) is 12.3. The lowest BCUT2D eigenvalue weighted by atomic mass is 10.2. The van der Waals surface area contributed by atoms with E-state index in [2.05, 4.69) is 5.32 Å². The zero-order valence-corrected chi connectivity index (χ0v) is 14.7. The first-order chi connectivity index (χ1) is 12.6. The predicted molar refractivity (Wildman–Crippen MR) is 91.3 cm³/mol. The van der Waals surface area contributed by atoms with Gasteiger partial charge in [0.05, 0.1) is 5.56 Å². The van der Waals surface area contributed by atoms with Crippen LogP contribution in [0.5, 0.6) is 0 Å². The first-order valence-corrected chi connectivity index (χ1v) is 7.98. The van der Waals surface area contributed by atoms with Crippen molar-refractivity contribution in [3.05, 3.63) is 63.5 Å². The van der Waals surface area contributed by atoms with E-state index in [-0.39, 0.29) is 0 Å². The van der Waals surface area contributed by atoms with Crippen molar-refractivity contribution in [1.82, 2.24) is 4.57 Å². The van der Waals surface area contributed by atoms with E-state index in [0.717, 1.165) is 0 Å². The molecular weight excluding hydrogens is 389 g/mol. The molecule has 0 unspecified atom stereocenters. The Hall–Kier alpha value is -2.81. The zero-order chi connectivity index (χ0) is 20.2. The Morgan fingerprint density at radius 1 is 1.26 bits per heavy atom. The molecule has 1 atom stereocenters. The number of pyridine rings is 1. The average Bonchev–Trinajstić information content (AvgIpc) is 2.58. The molecule has 144 valence electrons. The number of hydrogen-bond donors (Lipinski definition) is 1. The van der Waals surface area contributed by atoms with E-state index in [0.29, 0.717) is 22.5 Å². The monoisotopic (exact) mass is 402 g/mol. The molecule has 0 saturated heterocycles. The highest BCUT2D eigenvalue weighted by molar-refractivity contribution is 6.30. The molecule has 1 amide bonds. The van der Waals surface area contributed by atoms with Crippen molar-refractivity contribution in [3.63, 3.8) is 0 Å². The Balaban J connectivity index is 2.06. The lowest BCUT2D eigenvalue weighted by Crippen LogP contribution is -2.33. The third-order valence-electron chi connectivity index (χ3n) is 3.39. The zero-order valence-electron chi connectivity index (χ0n) is 13.9. The molecule has 0 saturated carbocycles. The molecule has 6 nitrogen and oxygen atoms in total. The van der Waals surface area contributed by atoms with Gasteiger partial charge in [-0.2, -0.15) is 13.2 Å². The molecule has 2 aromatic rings. The van der Waals surface area contributed by atoms with Crippen molar-refractivity contribution < 1.29 is 27.5 Å². The fourth-order valence-corrected chi connectivity index (χ4v) is 2.29. The van der Waals surface area contributed by atoms with E-state index >= 15 is 0 Å². The minimum atomic E-state index is -4.74. The van der Waals surface area contributed by atoms with Gasteiger partial charge in [0.25, 0.3) is 11.5 Å². The van der Waals surface area contributed by atoms with E-state index < -0.39 is 46.8 Å². The quantitative estimate of drug-likeness (QED) is 0.780. The van der Waals surface area contributed by atoms with E-state index in [4.69, 9.17) is 16.3 Å². The highest BCUT2D eigenvalue weighted by atomic mass is 35.5. The van der Waals surface area contributed by atoms with Crippen molar-refractivity contribution in [1.29, 1.82) is 0 Å². The van der Waals surface area contributed by atoms with Crippen LogP contribution in [0.1, 0.15) is 12.5 Å². The summed E-state index contributed by atoms with van der Waals surface area (Å²) in [6.45, 7) is 0.462. The number of amides is 1. The summed E-state index contributed by atoms with van der Waals surface area (Å²) >= 11 is 5.51. The average molecular weight is 403 g/mol. The maximum absolute atomic E-state index is 12.8. The van der Waals surface area contributed by atoms with Crippen LogP contribution in [0.2, 0.25) is 5.02 Å². The van der Waals surface area contributed by atoms with Gasteiger partial charge in [0.2, 0.25) is 0 Å². The van der Waals surface area contributed by atoms with Crippen molar-refractivity contribution in [2.24, 2.45) is 0 Å². The summed E-state index contributed by atoms with van der Waals surface area (Å²) in [7, 11) is 0. The molecule has 10 heteroatoms. The molecular formula is C17H14ClF3N2O4. The van der Waals surface area contributed by atoms with Gasteiger partial charge in [-0.05, 0) is 25.1 Å². The van der Waals surface area contributed by atoms with E-state index in [1.165, 1.54) is 6.92 Å². The summed E-state index contributed by atoms with van der Waals surface area (Å²) in [6.07, 6.45) is -5.51. The second-order valence-corrected chi connectivity index (χ2v) is 5.90. The number of nitrogens with zero attached hydrogens (tertiary/aromatic N) is 1. The summed E-state index contributed by atoms with van der Waals surface area (Å²) in [5, 5.41) is 1.82. The molecule has 27 heavy (non-hydrogen) atoms. The number of rotatable bonds is 5. The number of para-hydroxylation sites is 1. The smallest absolute Gasteiger partial charge is 0.417 e. The third kappa shape index (κ3) is 5.58. The number of anilines is 1. The molecule has 0 aliphatic rings. The molecule has 1 heterocycles. The Bertz CT molecular complexity index is 897. The first-order valence-electron chi connectivity index (χ1n) is 7.60. The van der Waals surface area contributed by atoms with Gasteiger partial charge in [-0.25, -0.2) is 0 Å². The number of halogens is 4. The molecule has 1 aromatic heterocycles. The number of esters is 1. The second-order valence-electron chi connectivity index (χ2n) is 5.49. The Labute approximate surface area is 156 Å². The number of benzene rings is 1. The van der Waals surface area contributed by atoms with Crippen LogP contribution in [0.15, 0.2) is 47.4 Å². The van der Waals surface area contributed by atoms with Crippen molar-refractivity contribution in [2.75, 3.05) is 5.32 Å². The van der Waals surface area contributed by atoms with E-state index in [1.807, 2.05) is 0 Å². The van der Waals surface area contributed by atoms with Crippen LogP contribution in [-0.2, 0) is 27.0 Å². The third-order valence-corrected chi connectivity index (χ3v) is 3.66. The fourth-order valence-electron chi connectivity index (χ4n) is 2.06. The summed E-state index contributed by atoms with van der Waals surface area (Å²) in [5.41, 5.74) is -1.69. The van der Waals surface area contributed by atoms with Crippen LogP contribution in [0.25, 0.3) is 0 Å². The number of nitrogens with one attached hydrogen (secondary N) is 1. The molecule has 2 rings (SSSR count). The molecule has 1 aromatic carbocycles. The van der Waals surface area contributed by atoms with Gasteiger partial charge in [0.15, 0.2) is 6.10 Å². The molecule has 0 radical (unpaired) electrons. The Morgan fingerprint density at radius 2 is 1.89 bits per heavy atom. The molecule has 0 bridgehead atoms. The van der Waals surface area contributed by atoms with Crippen molar-refractivity contribution in [2.45, 2.75) is 25.7 Å². The molecule has 0 aliphatic carbocycles. The van der Waals surface area contributed by atoms with Gasteiger partial charge in [0.1, 0.15) is 11.6 Å². The lowest BCUT2D eigenvalue weighted by molar-refractivity contribution is -0.154. The highest BCUT2D eigenvalue weighted by Gasteiger charge is 2.32. The maximum atomic E-state index is 12.8. The van der Waals surface area contributed by atoms with Crippen LogP contribution in [0, 0.1) is 0 Å². The van der Waals surface area contributed by atoms with Crippen LogP contribution in [-0.4, -0.2) is 22.5 Å². The standard InChI is InChI=1S/C17H14ClF3N2O4/c1-10(15(25)22-12-5-3-2-4-6-12)27-14(24)9-23-8-11(17(19,20)21)7-13(18)16(23)26/h2-8,10H,9H2,1H3,(H,22,25)/t10-/m0/s1. The predicted octanol–water partition coefficient (Wildman–Crippen LogP) is 3.09. The summed E-state index contributed by atoms with van der Waals surface area (Å²) < 4.78 is 43.7. The lowest BCUT2D eigenvalue weighted by Gasteiger charge is -2.15. The van der Waals surface area contributed by atoms with Gasteiger partial charge in [0, 0.05) is 11.9 Å². The van der Waals surface area contributed by atoms with Crippen LogP contribution >= 0.6 is 11.6 Å². The number of alkyl halides is 3. The van der Waals surface area contributed by atoms with Crippen LogP contribution in [0.4, 0.5) is 18.9 Å². The summed E-state index contributed by atoms with van der Waals surface area (Å²) in [5.74, 6) is -1.70. The minimum Gasteiger partial charge on any atom is -0.451 e. The molecule has 0 fully saturated rings. The van der Waals surface area contributed by atoms with Crippen molar-refractivity contribution >= 4 is 29.2 Å². The summed E-state index contributed by atoms with van der Waals surface area (Å²) in [6, 6.07) is 8.85. The second kappa shape index (κ2) is 8.26. The van der Waals surface area contributed by atoms with Crippen LogP contribution in [0.3, 0.4) is 0 Å². The van der Waals surface area contributed by atoms with Crippen molar-refractivity contribution in [3.8, 4) is 0 Å².